The number of rotatable bonds is 3. The maximum absolute atomic E-state index is 4.32. The minimum absolute atomic E-state index is 0.880. The number of hydrogen-bond acceptors (Lipinski definition) is 4. The fraction of sp³-hybridized carbons (Fsp3) is 0.222. The number of nitrogens with one attached hydrogen (secondary N) is 1. The van der Waals surface area contributed by atoms with Gasteiger partial charge in [-0.2, -0.15) is 0 Å². The van der Waals surface area contributed by atoms with Crippen LogP contribution in [0.1, 0.15) is 10.6 Å². The zero-order valence-electron chi connectivity index (χ0n) is 7.28. The second-order valence-corrected chi connectivity index (χ2v) is 4.62. The van der Waals surface area contributed by atoms with E-state index in [2.05, 4.69) is 33.2 Å². The average molecular weight is 210 g/mol. The van der Waals surface area contributed by atoms with Crippen LogP contribution >= 0.6 is 22.7 Å². The van der Waals surface area contributed by atoms with Crippen molar-refractivity contribution < 1.29 is 0 Å². The summed E-state index contributed by atoms with van der Waals surface area (Å²) in [6, 6.07) is 4.19. The highest BCUT2D eigenvalue weighted by molar-refractivity contribution is 7.13. The summed E-state index contributed by atoms with van der Waals surface area (Å²) in [5.41, 5.74) is 1.08. The molecule has 13 heavy (non-hydrogen) atoms. The van der Waals surface area contributed by atoms with E-state index in [4.69, 9.17) is 0 Å². The number of anilines is 1. The van der Waals surface area contributed by atoms with Gasteiger partial charge < -0.3 is 5.32 Å². The summed E-state index contributed by atoms with van der Waals surface area (Å²) in [7, 11) is 0. The molecule has 2 aromatic rings. The molecule has 0 bridgehead atoms. The van der Waals surface area contributed by atoms with E-state index in [9.17, 15) is 0 Å². The molecule has 0 spiro atoms. The fourth-order valence-electron chi connectivity index (χ4n) is 1.01. The monoisotopic (exact) mass is 210 g/mol. The molecule has 4 heteroatoms. The van der Waals surface area contributed by atoms with Gasteiger partial charge in [0.05, 0.1) is 12.2 Å². The molecule has 1 N–H and O–H groups in total. The molecule has 0 aliphatic rings. The molecule has 0 aliphatic carbocycles. The van der Waals surface area contributed by atoms with Gasteiger partial charge in [-0.1, -0.05) is 6.07 Å². The topological polar surface area (TPSA) is 24.9 Å². The van der Waals surface area contributed by atoms with E-state index in [-0.39, 0.29) is 0 Å². The number of nitrogens with zero attached hydrogens (tertiary/aromatic N) is 1. The molecule has 2 nitrogen and oxygen atoms in total. The summed E-state index contributed by atoms with van der Waals surface area (Å²) in [5.74, 6) is 0. The van der Waals surface area contributed by atoms with Crippen LogP contribution in [0, 0.1) is 6.92 Å². The first-order valence-corrected chi connectivity index (χ1v) is 5.79. The molecule has 2 rings (SSSR count). The molecule has 2 heterocycles. The van der Waals surface area contributed by atoms with E-state index < -0.39 is 0 Å². The molecule has 2 aromatic heterocycles. The van der Waals surface area contributed by atoms with Crippen molar-refractivity contribution in [3.63, 3.8) is 0 Å². The van der Waals surface area contributed by atoms with Crippen LogP contribution < -0.4 is 5.32 Å². The van der Waals surface area contributed by atoms with E-state index in [1.165, 1.54) is 4.88 Å². The molecular formula is C9H10N2S2. The number of hydrogen-bond donors (Lipinski definition) is 1. The SMILES string of the molecule is Cc1csc(NCc2cccs2)n1. The largest absolute Gasteiger partial charge is 0.357 e. The summed E-state index contributed by atoms with van der Waals surface area (Å²) in [6.07, 6.45) is 0. The molecule has 0 saturated carbocycles. The summed E-state index contributed by atoms with van der Waals surface area (Å²) >= 11 is 3.42. The summed E-state index contributed by atoms with van der Waals surface area (Å²) in [6.45, 7) is 2.89. The molecule has 0 saturated heterocycles. The van der Waals surface area contributed by atoms with Crippen LogP contribution in [0.25, 0.3) is 0 Å². The quantitative estimate of drug-likeness (QED) is 0.842. The van der Waals surface area contributed by atoms with E-state index in [1.807, 2.05) is 6.92 Å². The maximum Gasteiger partial charge on any atom is 0.183 e. The van der Waals surface area contributed by atoms with Crippen LogP contribution in [0.2, 0.25) is 0 Å². The van der Waals surface area contributed by atoms with Gasteiger partial charge in [0, 0.05) is 10.3 Å². The van der Waals surface area contributed by atoms with Crippen LogP contribution in [0.4, 0.5) is 5.13 Å². The van der Waals surface area contributed by atoms with Gasteiger partial charge in [-0.05, 0) is 18.4 Å². The predicted octanol–water partition coefficient (Wildman–Crippen LogP) is 3.13. The Bertz CT molecular complexity index is 365. The Morgan fingerprint density at radius 3 is 3.00 bits per heavy atom. The minimum Gasteiger partial charge on any atom is -0.357 e. The first-order chi connectivity index (χ1) is 6.34. The Morgan fingerprint density at radius 2 is 2.38 bits per heavy atom. The van der Waals surface area contributed by atoms with Gasteiger partial charge in [-0.3, -0.25) is 0 Å². The normalized spacial score (nSPS) is 10.2. The number of thiophene rings is 1. The Morgan fingerprint density at radius 1 is 1.46 bits per heavy atom. The van der Waals surface area contributed by atoms with Crippen LogP contribution in [-0.2, 0) is 6.54 Å². The van der Waals surface area contributed by atoms with E-state index in [0.717, 1.165) is 17.4 Å². The van der Waals surface area contributed by atoms with Gasteiger partial charge in [0.2, 0.25) is 0 Å². The lowest BCUT2D eigenvalue weighted by atomic mass is 10.5. The van der Waals surface area contributed by atoms with Crippen LogP contribution in [-0.4, -0.2) is 4.98 Å². The molecule has 0 radical (unpaired) electrons. The predicted molar refractivity (Wildman–Crippen MR) is 58.5 cm³/mol. The zero-order chi connectivity index (χ0) is 9.10. The second-order valence-electron chi connectivity index (χ2n) is 2.73. The molecule has 0 unspecified atom stereocenters. The molecule has 0 fully saturated rings. The van der Waals surface area contributed by atoms with Crippen molar-refractivity contribution in [2.45, 2.75) is 13.5 Å². The van der Waals surface area contributed by atoms with Gasteiger partial charge in [-0.25, -0.2) is 4.98 Å². The van der Waals surface area contributed by atoms with Crippen molar-refractivity contribution >= 4 is 27.8 Å². The van der Waals surface area contributed by atoms with Crippen molar-refractivity contribution in [1.29, 1.82) is 0 Å². The average Bonchev–Trinajstić information content (AvgIpc) is 2.71. The zero-order valence-corrected chi connectivity index (χ0v) is 8.91. The fourth-order valence-corrected chi connectivity index (χ4v) is 2.34. The van der Waals surface area contributed by atoms with Crippen molar-refractivity contribution in [2.75, 3.05) is 5.32 Å². The third-order valence-corrected chi connectivity index (χ3v) is 3.41. The summed E-state index contributed by atoms with van der Waals surface area (Å²) in [4.78, 5) is 5.66. The lowest BCUT2D eigenvalue weighted by molar-refractivity contribution is 1.15. The Balaban J connectivity index is 1.93. The molecule has 0 aromatic carbocycles. The molecular weight excluding hydrogens is 200 g/mol. The van der Waals surface area contributed by atoms with Crippen LogP contribution in [0.15, 0.2) is 22.9 Å². The van der Waals surface area contributed by atoms with Gasteiger partial charge in [-0.15, -0.1) is 22.7 Å². The van der Waals surface area contributed by atoms with Crippen LogP contribution in [0.5, 0.6) is 0 Å². The van der Waals surface area contributed by atoms with E-state index in [0.29, 0.717) is 0 Å². The second kappa shape index (κ2) is 3.89. The first kappa shape index (κ1) is 8.72. The van der Waals surface area contributed by atoms with E-state index >= 15 is 0 Å². The van der Waals surface area contributed by atoms with Gasteiger partial charge in [0.1, 0.15) is 0 Å². The van der Waals surface area contributed by atoms with Crippen molar-refractivity contribution in [2.24, 2.45) is 0 Å². The molecule has 0 amide bonds. The number of thiazole rings is 1. The smallest absolute Gasteiger partial charge is 0.183 e. The van der Waals surface area contributed by atoms with Crippen molar-refractivity contribution in [1.82, 2.24) is 4.98 Å². The lowest BCUT2D eigenvalue weighted by Gasteiger charge is -1.98. The van der Waals surface area contributed by atoms with Crippen molar-refractivity contribution in [3.8, 4) is 0 Å². The van der Waals surface area contributed by atoms with Gasteiger partial charge in [0.25, 0.3) is 0 Å². The summed E-state index contributed by atoms with van der Waals surface area (Å²) in [5, 5.41) is 8.43. The summed E-state index contributed by atoms with van der Waals surface area (Å²) < 4.78 is 0. The Labute approximate surface area is 85.3 Å². The lowest BCUT2D eigenvalue weighted by Crippen LogP contribution is -1.96. The van der Waals surface area contributed by atoms with Crippen molar-refractivity contribution in [3.05, 3.63) is 33.5 Å². The number of aromatic nitrogens is 1. The third kappa shape index (κ3) is 2.29. The number of aryl methyl sites for hydroxylation is 1. The molecule has 0 atom stereocenters. The highest BCUT2D eigenvalue weighted by Gasteiger charge is 1.97. The van der Waals surface area contributed by atoms with Gasteiger partial charge in [0.15, 0.2) is 5.13 Å². The Hall–Kier alpha value is -0.870. The standard InChI is InChI=1S/C9H10N2S2/c1-7-6-13-9(11-7)10-5-8-3-2-4-12-8/h2-4,6H,5H2,1H3,(H,10,11). The highest BCUT2D eigenvalue weighted by atomic mass is 32.1. The Kier molecular flexibility index (Phi) is 2.61. The highest BCUT2D eigenvalue weighted by Crippen LogP contribution is 2.16. The first-order valence-electron chi connectivity index (χ1n) is 4.03. The van der Waals surface area contributed by atoms with E-state index in [1.54, 1.807) is 22.7 Å². The third-order valence-electron chi connectivity index (χ3n) is 1.61. The molecule has 68 valence electrons. The molecule has 0 aliphatic heterocycles. The maximum atomic E-state index is 4.32. The minimum atomic E-state index is 0.880. The van der Waals surface area contributed by atoms with Gasteiger partial charge >= 0.3 is 0 Å². The van der Waals surface area contributed by atoms with Crippen LogP contribution in [0.3, 0.4) is 0 Å².